The zero-order valence-corrected chi connectivity index (χ0v) is 30.1. The monoisotopic (exact) mass is 674 g/mol. The van der Waals surface area contributed by atoms with Crippen LogP contribution in [0.15, 0.2) is 158 Å². The van der Waals surface area contributed by atoms with Crippen LogP contribution in [0.2, 0.25) is 0 Å². The molecule has 3 heteroatoms. The van der Waals surface area contributed by atoms with Crippen molar-refractivity contribution >= 4 is 87.2 Å². The molecule has 0 aliphatic heterocycles. The van der Waals surface area contributed by atoms with Crippen LogP contribution < -0.4 is 9.80 Å². The lowest BCUT2D eigenvalue weighted by Gasteiger charge is -2.30. The molecule has 51 heavy (non-hydrogen) atoms. The van der Waals surface area contributed by atoms with Crippen LogP contribution in [0, 0.1) is 27.7 Å². The Labute approximate surface area is 303 Å². The zero-order valence-electron chi connectivity index (χ0n) is 29.3. The molecule has 0 atom stereocenters. The summed E-state index contributed by atoms with van der Waals surface area (Å²) in [6.07, 6.45) is 0. The largest absolute Gasteiger partial charge is 0.309 e. The lowest BCUT2D eigenvalue weighted by atomic mass is 9.98. The highest BCUT2D eigenvalue weighted by molar-refractivity contribution is 7.27. The van der Waals surface area contributed by atoms with Crippen LogP contribution in [-0.4, -0.2) is 0 Å². The fourth-order valence-corrected chi connectivity index (χ4v) is 9.12. The molecule has 0 spiro atoms. The minimum absolute atomic E-state index is 1.19. The van der Waals surface area contributed by atoms with Crippen molar-refractivity contribution in [3.05, 3.63) is 180 Å². The molecule has 1 heterocycles. The predicted molar refractivity (Wildman–Crippen MR) is 223 cm³/mol. The zero-order chi connectivity index (χ0) is 34.6. The lowest BCUT2D eigenvalue weighted by molar-refractivity contribution is 1.24. The number of para-hydroxylation sites is 4. The number of fused-ring (bicyclic) bond motifs is 7. The SMILES string of the molecule is Cc1ccccc1N(c1ccccc1C)c1cc2c3cc(N(c4ccccc4C)c4ccccc4C)c4ccccc4c3sc2c2ccccc12. The Bertz CT molecular complexity index is 2490. The van der Waals surface area contributed by atoms with E-state index in [0.717, 1.165) is 0 Å². The minimum atomic E-state index is 1.19. The van der Waals surface area contributed by atoms with Gasteiger partial charge in [-0.1, -0.05) is 121 Å². The van der Waals surface area contributed by atoms with Gasteiger partial charge in [0.1, 0.15) is 0 Å². The van der Waals surface area contributed by atoms with Gasteiger partial charge in [0, 0.05) is 64.5 Å². The van der Waals surface area contributed by atoms with Gasteiger partial charge in [-0.15, -0.1) is 11.3 Å². The first-order valence-corrected chi connectivity index (χ1v) is 18.4. The summed E-state index contributed by atoms with van der Waals surface area (Å²) in [5, 5.41) is 7.59. The number of nitrogens with zero attached hydrogens (tertiary/aromatic N) is 2. The molecular formula is C48H38N2S. The molecule has 0 aliphatic carbocycles. The van der Waals surface area contributed by atoms with Crippen LogP contribution in [0.1, 0.15) is 22.3 Å². The number of anilines is 6. The fraction of sp³-hybridized carbons (Fsp3) is 0.0833. The normalized spacial score (nSPS) is 11.5. The maximum Gasteiger partial charge on any atom is 0.0547 e. The molecule has 1 aromatic heterocycles. The van der Waals surface area contributed by atoms with Crippen molar-refractivity contribution in [2.45, 2.75) is 27.7 Å². The van der Waals surface area contributed by atoms with E-state index in [0.29, 0.717) is 0 Å². The van der Waals surface area contributed by atoms with Gasteiger partial charge in [0.15, 0.2) is 0 Å². The molecule has 0 amide bonds. The maximum absolute atomic E-state index is 2.48. The Balaban J connectivity index is 1.42. The molecule has 0 bridgehead atoms. The molecule has 0 aliphatic rings. The predicted octanol–water partition coefficient (Wildman–Crippen LogP) is 14.5. The maximum atomic E-state index is 2.48. The van der Waals surface area contributed by atoms with Gasteiger partial charge in [0.05, 0.1) is 11.4 Å². The molecule has 0 N–H and O–H groups in total. The second kappa shape index (κ2) is 12.5. The van der Waals surface area contributed by atoms with Gasteiger partial charge in [0.2, 0.25) is 0 Å². The second-order valence-corrected chi connectivity index (χ2v) is 14.6. The first-order chi connectivity index (χ1) is 25.0. The van der Waals surface area contributed by atoms with Crippen molar-refractivity contribution in [2.24, 2.45) is 0 Å². The van der Waals surface area contributed by atoms with Crippen molar-refractivity contribution in [1.82, 2.24) is 0 Å². The van der Waals surface area contributed by atoms with E-state index >= 15 is 0 Å². The number of rotatable bonds is 6. The second-order valence-electron chi connectivity index (χ2n) is 13.6. The van der Waals surface area contributed by atoms with Crippen molar-refractivity contribution < 1.29 is 0 Å². The number of benzene rings is 8. The molecule has 0 unspecified atom stereocenters. The van der Waals surface area contributed by atoms with Gasteiger partial charge in [-0.3, -0.25) is 0 Å². The number of aryl methyl sites for hydroxylation is 4. The van der Waals surface area contributed by atoms with Crippen molar-refractivity contribution in [1.29, 1.82) is 0 Å². The summed E-state index contributed by atoms with van der Waals surface area (Å²) in [6, 6.07) is 57.8. The van der Waals surface area contributed by atoms with Gasteiger partial charge < -0.3 is 9.80 Å². The minimum Gasteiger partial charge on any atom is -0.309 e. The molecule has 9 aromatic rings. The first-order valence-electron chi connectivity index (χ1n) is 17.6. The highest BCUT2D eigenvalue weighted by atomic mass is 32.1. The Morgan fingerprint density at radius 2 is 0.569 bits per heavy atom. The van der Waals surface area contributed by atoms with Gasteiger partial charge in [-0.25, -0.2) is 0 Å². The molecule has 0 saturated carbocycles. The summed E-state index contributed by atoms with van der Waals surface area (Å²) in [6.45, 7) is 8.85. The molecule has 246 valence electrons. The summed E-state index contributed by atoms with van der Waals surface area (Å²) < 4.78 is 2.64. The number of hydrogen-bond acceptors (Lipinski definition) is 3. The Morgan fingerprint density at radius 1 is 0.294 bits per heavy atom. The van der Waals surface area contributed by atoms with E-state index < -0.39 is 0 Å². The standard InChI is InChI=1S/C48H38N2S/c1-31-17-5-13-25-41(31)49(42-26-14-6-18-32(42)2)45-29-39-40-30-46(50(43-27-15-7-19-33(43)3)44-28-16-8-20-34(44)4)36-22-10-12-24-38(36)48(40)51-47(39)37-23-11-9-21-35(37)45/h5-30H,1-4H3. The van der Waals surface area contributed by atoms with Crippen molar-refractivity contribution in [3.63, 3.8) is 0 Å². The average molecular weight is 675 g/mol. The number of thiophene rings is 1. The Kier molecular flexibility index (Phi) is 7.60. The van der Waals surface area contributed by atoms with Crippen LogP contribution in [0.3, 0.4) is 0 Å². The van der Waals surface area contributed by atoms with E-state index in [1.807, 2.05) is 11.3 Å². The molecule has 0 fully saturated rings. The Morgan fingerprint density at radius 3 is 0.882 bits per heavy atom. The molecule has 9 rings (SSSR count). The molecule has 8 aromatic carbocycles. The van der Waals surface area contributed by atoms with Crippen LogP contribution in [0.25, 0.3) is 41.7 Å². The summed E-state index contributed by atoms with van der Waals surface area (Å²) in [4.78, 5) is 4.95. The van der Waals surface area contributed by atoms with Crippen LogP contribution in [0.5, 0.6) is 0 Å². The van der Waals surface area contributed by atoms with E-state index in [4.69, 9.17) is 0 Å². The average Bonchev–Trinajstić information content (AvgIpc) is 3.54. The van der Waals surface area contributed by atoms with Gasteiger partial charge in [-0.05, 0) is 86.3 Å². The highest BCUT2D eigenvalue weighted by Gasteiger charge is 2.24. The summed E-state index contributed by atoms with van der Waals surface area (Å²) in [5.74, 6) is 0. The van der Waals surface area contributed by atoms with Crippen LogP contribution >= 0.6 is 11.3 Å². The quantitative estimate of drug-likeness (QED) is 0.173. The highest BCUT2D eigenvalue weighted by Crippen LogP contribution is 2.51. The van der Waals surface area contributed by atoms with Crippen molar-refractivity contribution in [3.8, 4) is 0 Å². The van der Waals surface area contributed by atoms with Crippen molar-refractivity contribution in [2.75, 3.05) is 9.80 Å². The summed E-state index contributed by atoms with van der Waals surface area (Å²) >= 11 is 1.92. The third-order valence-electron chi connectivity index (χ3n) is 10.3. The Hall–Kier alpha value is -5.90. The van der Waals surface area contributed by atoms with Crippen LogP contribution in [-0.2, 0) is 0 Å². The molecular weight excluding hydrogens is 637 g/mol. The van der Waals surface area contributed by atoms with E-state index in [-0.39, 0.29) is 0 Å². The summed E-state index contributed by atoms with van der Waals surface area (Å²) in [7, 11) is 0. The molecule has 2 nitrogen and oxygen atoms in total. The van der Waals surface area contributed by atoms with E-state index in [1.54, 1.807) is 0 Å². The third-order valence-corrected chi connectivity index (χ3v) is 11.6. The van der Waals surface area contributed by atoms with Gasteiger partial charge in [0.25, 0.3) is 0 Å². The topological polar surface area (TPSA) is 6.48 Å². The summed E-state index contributed by atoms with van der Waals surface area (Å²) in [5.41, 5.74) is 12.1. The third kappa shape index (κ3) is 5.08. The number of hydrogen-bond donors (Lipinski definition) is 0. The van der Waals surface area contributed by atoms with E-state index in [1.165, 1.54) is 98.1 Å². The molecule has 0 radical (unpaired) electrons. The van der Waals surface area contributed by atoms with E-state index in [9.17, 15) is 0 Å². The first kappa shape index (κ1) is 31.1. The molecule has 0 saturated heterocycles. The van der Waals surface area contributed by atoms with Crippen LogP contribution in [0.4, 0.5) is 34.1 Å². The fourth-order valence-electron chi connectivity index (χ4n) is 7.79. The van der Waals surface area contributed by atoms with Gasteiger partial charge >= 0.3 is 0 Å². The van der Waals surface area contributed by atoms with Gasteiger partial charge in [-0.2, -0.15) is 0 Å². The smallest absolute Gasteiger partial charge is 0.0547 e. The lowest BCUT2D eigenvalue weighted by Crippen LogP contribution is -2.13. The van der Waals surface area contributed by atoms with E-state index in [2.05, 4.69) is 195 Å².